The van der Waals surface area contributed by atoms with E-state index in [0.29, 0.717) is 31.3 Å². The van der Waals surface area contributed by atoms with Gasteiger partial charge in [0.25, 0.3) is 0 Å². The number of nitrogens with one attached hydrogen (secondary N) is 3. The number of benzene rings is 1. The highest BCUT2D eigenvalue weighted by Gasteiger charge is 2.16. The minimum Gasteiger partial charge on any atom is -0.378 e. The van der Waals surface area contributed by atoms with Crippen LogP contribution in [0.1, 0.15) is 37.2 Å². The highest BCUT2D eigenvalue weighted by Crippen LogP contribution is 2.18. The number of carbonyl (C=O) groups excluding carboxylic acids is 2. The van der Waals surface area contributed by atoms with Crippen LogP contribution < -0.4 is 21.2 Å². The number of aromatic nitrogens is 2. The van der Waals surface area contributed by atoms with Gasteiger partial charge < -0.3 is 9.64 Å². The van der Waals surface area contributed by atoms with Crippen LogP contribution in [0.2, 0.25) is 0 Å². The Bertz CT molecular complexity index is 988. The molecule has 0 bridgehead atoms. The zero-order chi connectivity index (χ0) is 23.6. The smallest absolute Gasteiger partial charge is 0.240 e. The number of hydrazine groups is 1. The zero-order valence-corrected chi connectivity index (χ0v) is 19.3. The lowest BCUT2D eigenvalue weighted by molar-refractivity contribution is -0.130. The van der Waals surface area contributed by atoms with Crippen molar-refractivity contribution in [2.75, 3.05) is 36.6 Å². The molecule has 33 heavy (non-hydrogen) atoms. The van der Waals surface area contributed by atoms with E-state index >= 15 is 0 Å². The maximum absolute atomic E-state index is 12.1. The molecule has 176 valence electrons. The predicted octanol–water partition coefficient (Wildman–Crippen LogP) is 1.80. The van der Waals surface area contributed by atoms with Gasteiger partial charge in [-0.3, -0.25) is 25.9 Å². The fraction of sp³-hybridized carbons (Fsp3) is 0.435. The van der Waals surface area contributed by atoms with Crippen LogP contribution >= 0.6 is 0 Å². The maximum Gasteiger partial charge on any atom is 0.240 e. The van der Waals surface area contributed by atoms with Gasteiger partial charge in [-0.15, -0.1) is 0 Å². The summed E-state index contributed by atoms with van der Waals surface area (Å²) in [5.41, 5.74) is 9.94. The van der Waals surface area contributed by atoms with Crippen molar-refractivity contribution in [3.05, 3.63) is 47.3 Å². The second-order valence-corrected chi connectivity index (χ2v) is 8.10. The second-order valence-electron chi connectivity index (χ2n) is 8.10. The van der Waals surface area contributed by atoms with Gasteiger partial charge in [-0.25, -0.2) is 9.97 Å². The molecule has 1 aliphatic heterocycles. The Kier molecular flexibility index (Phi) is 8.71. The molecule has 3 rings (SSSR count). The molecule has 2 aromatic rings. The fourth-order valence-electron chi connectivity index (χ4n) is 3.09. The van der Waals surface area contributed by atoms with Crippen molar-refractivity contribution >= 4 is 29.7 Å². The Morgan fingerprint density at radius 3 is 2.70 bits per heavy atom. The quantitative estimate of drug-likeness (QED) is 0.412. The van der Waals surface area contributed by atoms with Gasteiger partial charge in [-0.05, 0) is 12.5 Å². The minimum atomic E-state index is -0.309. The third kappa shape index (κ3) is 7.83. The van der Waals surface area contributed by atoms with Crippen LogP contribution in [0.4, 0.5) is 11.6 Å². The van der Waals surface area contributed by atoms with Gasteiger partial charge in [0.05, 0.1) is 19.4 Å². The summed E-state index contributed by atoms with van der Waals surface area (Å²) in [6.07, 6.45) is 2.18. The van der Waals surface area contributed by atoms with Crippen molar-refractivity contribution in [1.29, 1.82) is 0 Å². The highest BCUT2D eigenvalue weighted by atomic mass is 16.5. The Morgan fingerprint density at radius 1 is 1.18 bits per heavy atom. The molecule has 0 unspecified atom stereocenters. The molecule has 0 aliphatic carbocycles. The van der Waals surface area contributed by atoms with Crippen LogP contribution in [0.15, 0.2) is 35.4 Å². The van der Waals surface area contributed by atoms with Crippen molar-refractivity contribution in [3.8, 4) is 0 Å². The van der Waals surface area contributed by atoms with Crippen molar-refractivity contribution in [2.24, 2.45) is 11.0 Å². The molecule has 10 nitrogen and oxygen atoms in total. The molecule has 3 N–H and O–H groups in total. The first-order chi connectivity index (χ1) is 15.9. The summed E-state index contributed by atoms with van der Waals surface area (Å²) >= 11 is 0. The normalized spacial score (nSPS) is 13.9. The molecule has 2 amide bonds. The lowest BCUT2D eigenvalue weighted by atomic mass is 10.2. The summed E-state index contributed by atoms with van der Waals surface area (Å²) in [7, 11) is 0. The molecule has 0 saturated carbocycles. The van der Waals surface area contributed by atoms with E-state index in [1.807, 2.05) is 37.3 Å². The van der Waals surface area contributed by atoms with E-state index in [4.69, 9.17) is 4.74 Å². The second kappa shape index (κ2) is 11.9. The first kappa shape index (κ1) is 24.1. The number of anilines is 2. The van der Waals surface area contributed by atoms with E-state index in [9.17, 15) is 9.59 Å². The topological polar surface area (TPSA) is 121 Å². The van der Waals surface area contributed by atoms with Crippen LogP contribution in [0.3, 0.4) is 0 Å². The molecule has 1 saturated heterocycles. The molecular weight excluding hydrogens is 422 g/mol. The lowest BCUT2D eigenvalue weighted by Gasteiger charge is -2.28. The number of hydrogen-bond donors (Lipinski definition) is 3. The Hall–Kier alpha value is -3.53. The number of ether oxygens (including phenoxy) is 1. The number of rotatable bonds is 8. The summed E-state index contributed by atoms with van der Waals surface area (Å²) < 4.78 is 5.44. The number of hydrogen-bond acceptors (Lipinski definition) is 8. The van der Waals surface area contributed by atoms with Crippen LogP contribution in [0.5, 0.6) is 0 Å². The van der Waals surface area contributed by atoms with Gasteiger partial charge in [0.1, 0.15) is 11.6 Å². The van der Waals surface area contributed by atoms with E-state index in [1.165, 1.54) is 0 Å². The summed E-state index contributed by atoms with van der Waals surface area (Å²) in [4.78, 5) is 35.0. The van der Waals surface area contributed by atoms with Gasteiger partial charge in [-0.2, -0.15) is 5.10 Å². The number of nitrogens with zero attached hydrogens (tertiary/aromatic N) is 4. The Labute approximate surface area is 193 Å². The predicted molar refractivity (Wildman–Crippen MR) is 127 cm³/mol. The average Bonchev–Trinajstić information content (AvgIpc) is 2.81. The molecule has 10 heteroatoms. The SMILES string of the molecule is Cc1cccc(/C=N/Nc2cc(N3CCOCC3)nc(CCC(=O)NNC(=O)C(C)C)n2)c1. The molecule has 1 aliphatic rings. The van der Waals surface area contributed by atoms with Gasteiger partial charge in [-0.1, -0.05) is 43.7 Å². The molecule has 1 fully saturated rings. The molecule has 2 heterocycles. The number of morpholine rings is 1. The number of hydrazone groups is 1. The average molecular weight is 454 g/mol. The monoisotopic (exact) mass is 453 g/mol. The number of aryl methyl sites for hydroxylation is 2. The van der Waals surface area contributed by atoms with Crippen LogP contribution in [-0.4, -0.2) is 54.3 Å². The van der Waals surface area contributed by atoms with Crippen LogP contribution in [-0.2, 0) is 20.7 Å². The Balaban J connectivity index is 1.68. The van der Waals surface area contributed by atoms with Gasteiger partial charge >= 0.3 is 0 Å². The number of carbonyl (C=O) groups is 2. The third-order valence-corrected chi connectivity index (χ3v) is 4.95. The van der Waals surface area contributed by atoms with E-state index in [-0.39, 0.29) is 24.2 Å². The van der Waals surface area contributed by atoms with Crippen molar-refractivity contribution in [2.45, 2.75) is 33.6 Å². The fourth-order valence-corrected chi connectivity index (χ4v) is 3.09. The van der Waals surface area contributed by atoms with Crippen molar-refractivity contribution < 1.29 is 14.3 Å². The summed E-state index contributed by atoms with van der Waals surface area (Å²) in [6, 6.07) is 9.85. The highest BCUT2D eigenvalue weighted by molar-refractivity contribution is 5.83. The zero-order valence-electron chi connectivity index (χ0n) is 19.3. The van der Waals surface area contributed by atoms with Crippen molar-refractivity contribution in [1.82, 2.24) is 20.8 Å². The standard InChI is InChI=1S/C23H31N7O3/c1-16(2)23(32)29-28-22(31)8-7-19-25-20(14-21(26-19)30-9-11-33-12-10-30)27-24-15-18-6-4-5-17(3)13-18/h4-6,13-16H,7-12H2,1-3H3,(H,28,31)(H,29,32)(H,25,26,27)/b24-15+. The summed E-state index contributed by atoms with van der Waals surface area (Å²) in [5.74, 6) is 1.04. The molecule has 0 atom stereocenters. The van der Waals surface area contributed by atoms with Crippen molar-refractivity contribution in [3.63, 3.8) is 0 Å². The molecule has 0 spiro atoms. The minimum absolute atomic E-state index is 0.136. The van der Waals surface area contributed by atoms with Crippen LogP contribution in [0, 0.1) is 12.8 Å². The van der Waals surface area contributed by atoms with Gasteiger partial charge in [0.2, 0.25) is 11.8 Å². The summed E-state index contributed by atoms with van der Waals surface area (Å²) in [6.45, 7) is 8.25. The first-order valence-corrected chi connectivity index (χ1v) is 11.1. The van der Waals surface area contributed by atoms with Gasteiger partial charge in [0, 0.05) is 37.9 Å². The lowest BCUT2D eigenvalue weighted by Crippen LogP contribution is -2.43. The molecular formula is C23H31N7O3. The molecule has 1 aromatic heterocycles. The van der Waals surface area contributed by atoms with E-state index in [2.05, 4.69) is 36.2 Å². The molecule has 1 aromatic carbocycles. The van der Waals surface area contributed by atoms with E-state index in [0.717, 1.165) is 30.0 Å². The maximum atomic E-state index is 12.1. The number of amides is 2. The first-order valence-electron chi connectivity index (χ1n) is 11.1. The van der Waals surface area contributed by atoms with Crippen LogP contribution in [0.25, 0.3) is 0 Å². The van der Waals surface area contributed by atoms with E-state index < -0.39 is 0 Å². The Morgan fingerprint density at radius 2 is 1.97 bits per heavy atom. The summed E-state index contributed by atoms with van der Waals surface area (Å²) in [5, 5.41) is 4.31. The van der Waals surface area contributed by atoms with Gasteiger partial charge in [0.15, 0.2) is 5.82 Å². The largest absolute Gasteiger partial charge is 0.378 e. The van der Waals surface area contributed by atoms with E-state index in [1.54, 1.807) is 20.1 Å². The third-order valence-electron chi connectivity index (χ3n) is 4.95. The molecule has 0 radical (unpaired) electrons.